The summed E-state index contributed by atoms with van der Waals surface area (Å²) in [5.74, 6) is 1.08. The highest BCUT2D eigenvalue weighted by molar-refractivity contribution is 7.89. The molecular formula is C20H27ClN2O4S. The van der Waals surface area contributed by atoms with Crippen molar-refractivity contribution in [3.63, 3.8) is 0 Å². The van der Waals surface area contributed by atoms with Gasteiger partial charge in [0.25, 0.3) is 0 Å². The van der Waals surface area contributed by atoms with Crippen LogP contribution < -0.4 is 14.8 Å². The number of benzene rings is 2. The van der Waals surface area contributed by atoms with Gasteiger partial charge in [-0.15, -0.1) is 12.4 Å². The number of hydrogen-bond donors (Lipinski definition) is 1. The van der Waals surface area contributed by atoms with E-state index in [4.69, 9.17) is 9.47 Å². The van der Waals surface area contributed by atoms with Gasteiger partial charge in [-0.25, -0.2) is 8.42 Å². The molecule has 1 aliphatic rings. The van der Waals surface area contributed by atoms with Crippen LogP contribution in [0.2, 0.25) is 0 Å². The third kappa shape index (κ3) is 4.12. The molecule has 0 aromatic heterocycles. The lowest BCUT2D eigenvalue weighted by Crippen LogP contribution is -2.48. The van der Waals surface area contributed by atoms with Crippen LogP contribution in [0.3, 0.4) is 0 Å². The maximum absolute atomic E-state index is 13.6. The predicted molar refractivity (Wildman–Crippen MR) is 112 cm³/mol. The summed E-state index contributed by atoms with van der Waals surface area (Å²) in [5.41, 5.74) is 2.54. The molecule has 0 saturated carbocycles. The lowest BCUT2D eigenvalue weighted by atomic mass is 10.0. The molecule has 0 amide bonds. The van der Waals surface area contributed by atoms with E-state index in [9.17, 15) is 8.42 Å². The Hall–Kier alpha value is -1.80. The highest BCUT2D eigenvalue weighted by Gasteiger charge is 2.37. The highest BCUT2D eigenvalue weighted by Crippen LogP contribution is 2.37. The van der Waals surface area contributed by atoms with E-state index in [1.165, 1.54) is 7.11 Å². The largest absolute Gasteiger partial charge is 0.496 e. The van der Waals surface area contributed by atoms with E-state index >= 15 is 0 Å². The standard InChI is InChI=1S/C20H26N2O4S.ClH/c1-14-11-15(2)20(26-4)19(12-14)27(23,24)22-10-9-21-13-17(22)16-7-5-6-8-18(16)25-3;/h5-8,11-12,17,21H,9-10,13H2,1-4H3;1H. The van der Waals surface area contributed by atoms with Crippen LogP contribution in [-0.2, 0) is 10.0 Å². The SMILES string of the molecule is COc1ccccc1C1CNCCN1S(=O)(=O)c1cc(C)cc(C)c1OC.Cl. The van der Waals surface area contributed by atoms with Crippen molar-refractivity contribution in [1.29, 1.82) is 0 Å². The number of rotatable bonds is 5. The number of halogens is 1. The number of nitrogens with one attached hydrogen (secondary N) is 1. The van der Waals surface area contributed by atoms with Gasteiger partial charge >= 0.3 is 0 Å². The molecule has 1 N–H and O–H groups in total. The number of nitrogens with zero attached hydrogens (tertiary/aromatic N) is 1. The predicted octanol–water partition coefficient (Wildman–Crippen LogP) is 3.08. The van der Waals surface area contributed by atoms with Gasteiger partial charge in [0.1, 0.15) is 16.4 Å². The Labute approximate surface area is 173 Å². The Kier molecular flexibility index (Phi) is 7.33. The second-order valence-corrected chi connectivity index (χ2v) is 8.55. The molecule has 1 unspecified atom stereocenters. The number of ether oxygens (including phenoxy) is 2. The molecule has 1 aliphatic heterocycles. The molecule has 0 spiro atoms. The number of sulfonamides is 1. The first-order chi connectivity index (χ1) is 12.9. The molecule has 1 saturated heterocycles. The average Bonchev–Trinajstić information content (AvgIpc) is 2.67. The summed E-state index contributed by atoms with van der Waals surface area (Å²) >= 11 is 0. The minimum absolute atomic E-state index is 0. The molecule has 3 rings (SSSR count). The second-order valence-electron chi connectivity index (χ2n) is 6.69. The van der Waals surface area contributed by atoms with Crippen LogP contribution in [0.1, 0.15) is 22.7 Å². The van der Waals surface area contributed by atoms with Crippen LogP contribution in [0.15, 0.2) is 41.3 Å². The molecule has 8 heteroatoms. The van der Waals surface area contributed by atoms with Crippen molar-refractivity contribution >= 4 is 22.4 Å². The Morgan fingerprint density at radius 1 is 1.11 bits per heavy atom. The van der Waals surface area contributed by atoms with E-state index in [2.05, 4.69) is 5.32 Å². The van der Waals surface area contributed by atoms with E-state index in [0.717, 1.165) is 16.7 Å². The smallest absolute Gasteiger partial charge is 0.247 e. The lowest BCUT2D eigenvalue weighted by Gasteiger charge is -2.36. The van der Waals surface area contributed by atoms with Gasteiger partial charge in [-0.2, -0.15) is 4.31 Å². The summed E-state index contributed by atoms with van der Waals surface area (Å²) in [6.07, 6.45) is 0. The maximum atomic E-state index is 13.6. The molecule has 28 heavy (non-hydrogen) atoms. The number of methoxy groups -OCH3 is 2. The molecular weight excluding hydrogens is 400 g/mol. The van der Waals surface area contributed by atoms with E-state index in [1.54, 1.807) is 17.5 Å². The number of para-hydroxylation sites is 1. The van der Waals surface area contributed by atoms with Gasteiger partial charge in [0.05, 0.1) is 20.3 Å². The van der Waals surface area contributed by atoms with Crippen molar-refractivity contribution in [1.82, 2.24) is 9.62 Å². The van der Waals surface area contributed by atoms with Gasteiger partial charge in [-0.3, -0.25) is 0 Å². The van der Waals surface area contributed by atoms with Crippen molar-refractivity contribution in [2.24, 2.45) is 0 Å². The summed E-state index contributed by atoms with van der Waals surface area (Å²) in [5, 5.41) is 3.30. The third-order valence-corrected chi connectivity index (χ3v) is 6.78. The number of piperazine rings is 1. The molecule has 0 radical (unpaired) electrons. The number of aryl methyl sites for hydroxylation is 2. The van der Waals surface area contributed by atoms with E-state index in [1.807, 2.05) is 44.2 Å². The average molecular weight is 427 g/mol. The molecule has 2 aromatic rings. The zero-order valence-electron chi connectivity index (χ0n) is 16.6. The summed E-state index contributed by atoms with van der Waals surface area (Å²) in [6.45, 7) is 5.24. The lowest BCUT2D eigenvalue weighted by molar-refractivity contribution is 0.263. The van der Waals surface area contributed by atoms with Crippen LogP contribution in [0.5, 0.6) is 11.5 Å². The Morgan fingerprint density at radius 3 is 2.50 bits per heavy atom. The van der Waals surface area contributed by atoms with Crippen molar-refractivity contribution in [3.05, 3.63) is 53.1 Å². The zero-order valence-corrected chi connectivity index (χ0v) is 18.2. The highest BCUT2D eigenvalue weighted by atomic mass is 35.5. The van der Waals surface area contributed by atoms with Crippen LogP contribution in [0.25, 0.3) is 0 Å². The first-order valence-corrected chi connectivity index (χ1v) is 10.3. The minimum Gasteiger partial charge on any atom is -0.496 e. The first-order valence-electron chi connectivity index (χ1n) is 8.91. The fourth-order valence-electron chi connectivity index (χ4n) is 3.68. The molecule has 6 nitrogen and oxygen atoms in total. The Bertz CT molecular complexity index is 934. The second kappa shape index (κ2) is 9.13. The quantitative estimate of drug-likeness (QED) is 0.795. The molecule has 1 atom stereocenters. The van der Waals surface area contributed by atoms with Crippen LogP contribution in [-0.4, -0.2) is 46.6 Å². The van der Waals surface area contributed by atoms with Gasteiger partial charge in [-0.05, 0) is 37.1 Å². The summed E-state index contributed by atoms with van der Waals surface area (Å²) in [7, 11) is -0.655. The van der Waals surface area contributed by atoms with Gasteiger partial charge in [-0.1, -0.05) is 24.3 Å². The molecule has 0 bridgehead atoms. The molecule has 0 aliphatic carbocycles. The van der Waals surface area contributed by atoms with Gasteiger partial charge in [0.15, 0.2) is 0 Å². The molecule has 1 heterocycles. The van der Waals surface area contributed by atoms with Crippen LogP contribution in [0.4, 0.5) is 0 Å². The minimum atomic E-state index is -3.76. The first kappa shape index (κ1) is 22.5. The molecule has 1 fully saturated rings. The topological polar surface area (TPSA) is 67.9 Å². The van der Waals surface area contributed by atoms with Gasteiger partial charge < -0.3 is 14.8 Å². The van der Waals surface area contributed by atoms with Crippen LogP contribution in [0, 0.1) is 13.8 Å². The van der Waals surface area contributed by atoms with Crippen molar-refractivity contribution in [2.45, 2.75) is 24.8 Å². The monoisotopic (exact) mass is 426 g/mol. The third-order valence-electron chi connectivity index (χ3n) is 4.87. The fraction of sp³-hybridized carbons (Fsp3) is 0.400. The maximum Gasteiger partial charge on any atom is 0.247 e. The van der Waals surface area contributed by atoms with E-state index in [-0.39, 0.29) is 23.3 Å². The number of hydrogen-bond acceptors (Lipinski definition) is 5. The van der Waals surface area contributed by atoms with E-state index < -0.39 is 10.0 Å². The fourth-order valence-corrected chi connectivity index (χ4v) is 5.60. The van der Waals surface area contributed by atoms with E-state index in [0.29, 0.717) is 31.1 Å². The molecule has 154 valence electrons. The van der Waals surface area contributed by atoms with Crippen molar-refractivity contribution in [2.75, 3.05) is 33.9 Å². The van der Waals surface area contributed by atoms with Gasteiger partial charge in [0, 0.05) is 25.2 Å². The summed E-state index contributed by atoms with van der Waals surface area (Å²) < 4.78 is 39.7. The van der Waals surface area contributed by atoms with Crippen molar-refractivity contribution < 1.29 is 17.9 Å². The van der Waals surface area contributed by atoms with Crippen LogP contribution >= 0.6 is 12.4 Å². The summed E-state index contributed by atoms with van der Waals surface area (Å²) in [6, 6.07) is 10.8. The zero-order chi connectivity index (χ0) is 19.6. The van der Waals surface area contributed by atoms with Gasteiger partial charge in [0.2, 0.25) is 10.0 Å². The molecule has 2 aromatic carbocycles. The Balaban J connectivity index is 0.00000280. The Morgan fingerprint density at radius 2 is 1.82 bits per heavy atom. The normalized spacial score (nSPS) is 17.6. The van der Waals surface area contributed by atoms with Crippen molar-refractivity contribution in [3.8, 4) is 11.5 Å². The summed E-state index contributed by atoms with van der Waals surface area (Å²) in [4.78, 5) is 0.212.